The van der Waals surface area contributed by atoms with E-state index in [4.69, 9.17) is 14.6 Å². The largest absolute Gasteiger partial charge is 0.478 e. The van der Waals surface area contributed by atoms with Gasteiger partial charge in [-0.1, -0.05) is 13.8 Å². The maximum Gasteiger partial charge on any atom is 0.338 e. The second-order valence-corrected chi connectivity index (χ2v) is 4.35. The van der Waals surface area contributed by atoms with Crippen LogP contribution >= 0.6 is 0 Å². The number of carboxylic acid groups (broad SMARTS) is 1. The molecule has 3 N–H and O–H groups in total. The third kappa shape index (κ3) is 4.20. The lowest BCUT2D eigenvalue weighted by Crippen LogP contribution is -2.34. The van der Waals surface area contributed by atoms with E-state index >= 15 is 0 Å². The number of aliphatic hydroxyl groups excluding tert-OH is 1. The van der Waals surface area contributed by atoms with Gasteiger partial charge in [-0.15, -0.1) is 0 Å². The molecule has 0 saturated heterocycles. The predicted molar refractivity (Wildman–Crippen MR) is 62.8 cm³/mol. The zero-order valence-corrected chi connectivity index (χ0v) is 10.1. The second kappa shape index (κ2) is 6.42. The minimum atomic E-state index is -0.990. The van der Waals surface area contributed by atoms with E-state index in [1.807, 2.05) is 0 Å². The Labute approximate surface area is 100 Å². The van der Waals surface area contributed by atoms with Crippen molar-refractivity contribution in [2.45, 2.75) is 32.9 Å². The van der Waals surface area contributed by atoms with Gasteiger partial charge in [-0.05, 0) is 18.4 Å². The minimum absolute atomic E-state index is 0.133. The molecule has 1 aromatic rings. The molecular formula is C12H19NO4. The highest BCUT2D eigenvalue weighted by Crippen LogP contribution is 2.10. The summed E-state index contributed by atoms with van der Waals surface area (Å²) in [4.78, 5) is 10.6. The first-order valence-corrected chi connectivity index (χ1v) is 5.69. The molecule has 5 nitrogen and oxygen atoms in total. The molecule has 0 fully saturated rings. The number of nitrogens with one attached hydrogen (secondary N) is 1. The topological polar surface area (TPSA) is 82.7 Å². The molecule has 0 aliphatic heterocycles. The molecule has 0 bridgehead atoms. The molecule has 0 spiro atoms. The number of aromatic carboxylic acids is 1. The molecule has 1 rings (SSSR count). The van der Waals surface area contributed by atoms with Crippen LogP contribution in [0, 0.1) is 5.92 Å². The van der Waals surface area contributed by atoms with Crippen molar-refractivity contribution >= 4 is 5.97 Å². The van der Waals surface area contributed by atoms with Crippen LogP contribution in [0.2, 0.25) is 0 Å². The fraction of sp³-hybridized carbons (Fsp3) is 0.583. The number of aliphatic hydroxyl groups is 1. The first-order valence-electron chi connectivity index (χ1n) is 5.69. The molecular weight excluding hydrogens is 222 g/mol. The van der Waals surface area contributed by atoms with Gasteiger partial charge in [0.05, 0.1) is 12.1 Å². The number of hydrogen-bond acceptors (Lipinski definition) is 4. The lowest BCUT2D eigenvalue weighted by molar-refractivity contribution is 0.0696. The highest BCUT2D eigenvalue weighted by Gasteiger charge is 2.14. The van der Waals surface area contributed by atoms with E-state index < -0.39 is 5.97 Å². The van der Waals surface area contributed by atoms with Crippen LogP contribution in [-0.2, 0) is 6.54 Å². The normalized spacial score (nSPS) is 12.9. The van der Waals surface area contributed by atoms with E-state index in [9.17, 15) is 4.79 Å². The van der Waals surface area contributed by atoms with Gasteiger partial charge in [0, 0.05) is 12.6 Å². The van der Waals surface area contributed by atoms with Gasteiger partial charge in [0.2, 0.25) is 0 Å². The second-order valence-electron chi connectivity index (χ2n) is 4.35. The minimum Gasteiger partial charge on any atom is -0.478 e. The van der Waals surface area contributed by atoms with Crippen LogP contribution < -0.4 is 5.32 Å². The van der Waals surface area contributed by atoms with Gasteiger partial charge in [0.15, 0.2) is 0 Å². The standard InChI is InChI=1S/C12H19NO4/c1-8(2)11(3-4-14)13-6-10-5-9(7-17-10)12(15)16/h5,7-8,11,13-14H,3-4,6H2,1-2H3,(H,15,16). The van der Waals surface area contributed by atoms with E-state index in [-0.39, 0.29) is 18.2 Å². The van der Waals surface area contributed by atoms with Crippen LogP contribution in [0.5, 0.6) is 0 Å². The highest BCUT2D eigenvalue weighted by atomic mass is 16.4. The number of hydrogen-bond donors (Lipinski definition) is 3. The highest BCUT2D eigenvalue weighted by molar-refractivity contribution is 5.87. The third-order valence-electron chi connectivity index (χ3n) is 2.68. The third-order valence-corrected chi connectivity index (χ3v) is 2.68. The van der Waals surface area contributed by atoms with Crippen molar-refractivity contribution in [3.05, 3.63) is 23.7 Å². The van der Waals surface area contributed by atoms with Gasteiger partial charge in [0.1, 0.15) is 12.0 Å². The van der Waals surface area contributed by atoms with Gasteiger partial charge >= 0.3 is 5.97 Å². The van der Waals surface area contributed by atoms with Crippen molar-refractivity contribution < 1.29 is 19.4 Å². The summed E-state index contributed by atoms with van der Waals surface area (Å²) in [5.74, 6) is -0.00202. The van der Waals surface area contributed by atoms with Crippen molar-refractivity contribution in [3.63, 3.8) is 0 Å². The van der Waals surface area contributed by atoms with E-state index in [1.54, 1.807) is 0 Å². The Morgan fingerprint density at radius 3 is 2.71 bits per heavy atom. The number of carboxylic acids is 1. The van der Waals surface area contributed by atoms with Crippen molar-refractivity contribution in [3.8, 4) is 0 Å². The van der Waals surface area contributed by atoms with Crippen molar-refractivity contribution in [2.24, 2.45) is 5.92 Å². The average Bonchev–Trinajstić information content (AvgIpc) is 2.72. The summed E-state index contributed by atoms with van der Waals surface area (Å²) in [6, 6.07) is 1.70. The van der Waals surface area contributed by atoms with Gasteiger partial charge < -0.3 is 19.9 Å². The SMILES string of the molecule is CC(C)C(CCO)NCc1cc(C(=O)O)co1. The summed E-state index contributed by atoms with van der Waals surface area (Å²) >= 11 is 0. The first-order chi connectivity index (χ1) is 8.04. The summed E-state index contributed by atoms with van der Waals surface area (Å²) in [6.45, 7) is 4.74. The zero-order valence-electron chi connectivity index (χ0n) is 10.1. The zero-order chi connectivity index (χ0) is 12.8. The molecule has 1 unspecified atom stereocenters. The maximum atomic E-state index is 10.6. The molecule has 0 saturated carbocycles. The smallest absolute Gasteiger partial charge is 0.338 e. The fourth-order valence-electron chi connectivity index (χ4n) is 1.63. The van der Waals surface area contributed by atoms with Crippen LogP contribution in [0.15, 0.2) is 16.7 Å². The average molecular weight is 241 g/mol. The number of furan rings is 1. The fourth-order valence-corrected chi connectivity index (χ4v) is 1.63. The van der Waals surface area contributed by atoms with E-state index in [2.05, 4.69) is 19.2 Å². The van der Waals surface area contributed by atoms with Gasteiger partial charge in [-0.3, -0.25) is 0 Å². The van der Waals surface area contributed by atoms with Crippen molar-refractivity contribution in [2.75, 3.05) is 6.61 Å². The molecule has 1 atom stereocenters. The van der Waals surface area contributed by atoms with E-state index in [0.717, 1.165) is 0 Å². The van der Waals surface area contributed by atoms with Crippen LogP contribution in [-0.4, -0.2) is 28.8 Å². The van der Waals surface area contributed by atoms with Gasteiger partial charge in [-0.25, -0.2) is 4.79 Å². The molecule has 0 aromatic carbocycles. The lowest BCUT2D eigenvalue weighted by atomic mass is 10.0. The molecule has 0 amide bonds. The molecule has 0 aliphatic carbocycles. The van der Waals surface area contributed by atoms with Gasteiger partial charge in [-0.2, -0.15) is 0 Å². The quantitative estimate of drug-likeness (QED) is 0.673. The Kier molecular flexibility index (Phi) is 5.18. The molecule has 0 aliphatic rings. The molecule has 17 heavy (non-hydrogen) atoms. The molecule has 1 heterocycles. The predicted octanol–water partition coefficient (Wildman–Crippen LogP) is 1.47. The Morgan fingerprint density at radius 1 is 1.53 bits per heavy atom. The number of carbonyl (C=O) groups is 1. The monoisotopic (exact) mass is 241 g/mol. The van der Waals surface area contributed by atoms with Crippen LogP contribution in [0.25, 0.3) is 0 Å². The summed E-state index contributed by atoms with van der Waals surface area (Å²) < 4.78 is 5.13. The summed E-state index contributed by atoms with van der Waals surface area (Å²) in [5, 5.41) is 20.9. The first kappa shape index (κ1) is 13.7. The Balaban J connectivity index is 2.50. The van der Waals surface area contributed by atoms with Crippen LogP contribution in [0.1, 0.15) is 36.4 Å². The van der Waals surface area contributed by atoms with Crippen molar-refractivity contribution in [1.82, 2.24) is 5.32 Å². The number of rotatable bonds is 7. The maximum absolute atomic E-state index is 10.6. The molecule has 5 heteroatoms. The summed E-state index contributed by atoms with van der Waals surface area (Å²) in [5.41, 5.74) is 0.157. The molecule has 1 aromatic heterocycles. The van der Waals surface area contributed by atoms with Gasteiger partial charge in [0.25, 0.3) is 0 Å². The van der Waals surface area contributed by atoms with Crippen LogP contribution in [0.3, 0.4) is 0 Å². The Morgan fingerprint density at radius 2 is 2.24 bits per heavy atom. The molecule has 0 radical (unpaired) electrons. The lowest BCUT2D eigenvalue weighted by Gasteiger charge is -2.20. The Hall–Kier alpha value is -1.33. The Bertz CT molecular complexity index is 359. The summed E-state index contributed by atoms with van der Waals surface area (Å²) in [7, 11) is 0. The van der Waals surface area contributed by atoms with E-state index in [0.29, 0.717) is 24.6 Å². The molecule has 96 valence electrons. The van der Waals surface area contributed by atoms with Crippen molar-refractivity contribution in [1.29, 1.82) is 0 Å². The van der Waals surface area contributed by atoms with Crippen LogP contribution in [0.4, 0.5) is 0 Å². The van der Waals surface area contributed by atoms with E-state index in [1.165, 1.54) is 12.3 Å². The summed E-state index contributed by atoms with van der Waals surface area (Å²) in [6.07, 6.45) is 1.90.